The van der Waals surface area contributed by atoms with Gasteiger partial charge in [-0.15, -0.1) is 0 Å². The molecule has 1 aliphatic carbocycles. The van der Waals surface area contributed by atoms with Crippen LogP contribution in [-0.2, 0) is 16.6 Å². The number of piperidine rings is 1. The van der Waals surface area contributed by atoms with Gasteiger partial charge in [-0.05, 0) is 75.1 Å². The number of rotatable bonds is 7. The van der Waals surface area contributed by atoms with E-state index in [1.54, 1.807) is 11.6 Å². The Labute approximate surface area is 225 Å². The molecule has 1 aliphatic heterocycles. The first-order valence-electron chi connectivity index (χ1n) is 13.8. The molecule has 3 amide bonds. The van der Waals surface area contributed by atoms with Crippen LogP contribution in [0.25, 0.3) is 11.1 Å². The second kappa shape index (κ2) is 11.6. The normalized spacial score (nSPS) is 25.4. The molecule has 2 aromatic rings. The number of amides is 3. The van der Waals surface area contributed by atoms with Crippen molar-refractivity contribution in [3.8, 4) is 11.1 Å². The molecule has 9 heteroatoms. The molecule has 2 fully saturated rings. The van der Waals surface area contributed by atoms with E-state index < -0.39 is 0 Å². The lowest BCUT2D eigenvalue weighted by Gasteiger charge is -2.37. The van der Waals surface area contributed by atoms with Crippen molar-refractivity contribution in [3.63, 3.8) is 0 Å². The second-order valence-electron chi connectivity index (χ2n) is 11.3. The van der Waals surface area contributed by atoms with E-state index in [1.165, 1.54) is 0 Å². The Bertz CT molecular complexity index is 1180. The van der Waals surface area contributed by atoms with Gasteiger partial charge in [-0.1, -0.05) is 6.92 Å². The molecular formula is C29H42N6O3. The molecule has 38 heavy (non-hydrogen) atoms. The van der Waals surface area contributed by atoms with Crippen LogP contribution in [-0.4, -0.2) is 59.2 Å². The highest BCUT2D eigenvalue weighted by atomic mass is 16.2. The third-order valence-corrected chi connectivity index (χ3v) is 8.32. The van der Waals surface area contributed by atoms with Crippen molar-refractivity contribution >= 4 is 23.4 Å². The largest absolute Gasteiger partial charge is 0.371 e. The van der Waals surface area contributed by atoms with Crippen LogP contribution in [0.5, 0.6) is 0 Å². The number of aromatic nitrogens is 2. The van der Waals surface area contributed by atoms with Crippen LogP contribution in [0.1, 0.15) is 68.8 Å². The monoisotopic (exact) mass is 522 g/mol. The molecule has 3 atom stereocenters. The quantitative estimate of drug-likeness (QED) is 0.518. The molecule has 206 valence electrons. The van der Waals surface area contributed by atoms with E-state index in [2.05, 4.69) is 46.0 Å². The van der Waals surface area contributed by atoms with E-state index in [0.717, 1.165) is 54.5 Å². The van der Waals surface area contributed by atoms with Gasteiger partial charge in [0.05, 0.1) is 12.1 Å². The predicted octanol–water partition coefficient (Wildman–Crippen LogP) is 3.17. The van der Waals surface area contributed by atoms with Crippen LogP contribution < -0.4 is 20.9 Å². The average molecular weight is 523 g/mol. The number of carbonyl (C=O) groups excluding carboxylic acids is 3. The first-order chi connectivity index (χ1) is 18.0. The Hall–Kier alpha value is -3.36. The van der Waals surface area contributed by atoms with E-state index in [-0.39, 0.29) is 41.6 Å². The highest BCUT2D eigenvalue weighted by Crippen LogP contribution is 2.34. The summed E-state index contributed by atoms with van der Waals surface area (Å²) in [5, 5.41) is 13.5. The molecule has 2 aliphatic rings. The lowest BCUT2D eigenvalue weighted by Crippen LogP contribution is -2.50. The highest BCUT2D eigenvalue weighted by molar-refractivity contribution is 5.99. The fraction of sp³-hybridized carbons (Fsp3) is 0.586. The van der Waals surface area contributed by atoms with Crippen molar-refractivity contribution in [2.24, 2.45) is 18.9 Å². The number of nitrogens with zero attached hydrogens (tertiary/aromatic N) is 3. The minimum atomic E-state index is -0.238. The predicted molar refractivity (Wildman–Crippen MR) is 149 cm³/mol. The molecular weight excluding hydrogens is 480 g/mol. The summed E-state index contributed by atoms with van der Waals surface area (Å²) < 4.78 is 1.76. The van der Waals surface area contributed by atoms with E-state index in [1.807, 2.05) is 39.4 Å². The van der Waals surface area contributed by atoms with Crippen molar-refractivity contribution in [1.82, 2.24) is 25.7 Å². The molecule has 0 bridgehead atoms. The maximum absolute atomic E-state index is 13.5. The summed E-state index contributed by atoms with van der Waals surface area (Å²) in [7, 11) is 3.97. The van der Waals surface area contributed by atoms with Crippen LogP contribution in [0.4, 0.5) is 5.69 Å². The van der Waals surface area contributed by atoms with E-state index in [0.29, 0.717) is 18.2 Å². The second-order valence-corrected chi connectivity index (χ2v) is 11.3. The Morgan fingerprint density at radius 3 is 2.47 bits per heavy atom. The van der Waals surface area contributed by atoms with E-state index in [9.17, 15) is 14.4 Å². The van der Waals surface area contributed by atoms with Gasteiger partial charge in [-0.25, -0.2) is 0 Å². The maximum atomic E-state index is 13.5. The molecule has 1 aromatic carbocycles. The standard InChI is InChI=1S/C29H42N6O3/c1-17-11-18(2)32-29(38)26(17)15-30-28(37)25-12-21(22-14-31-34(5)16-22)13-27(19(25)3)35(6)24-9-7-23(8-10-24)33-20(4)36/h12-14,16-18,23-24,26H,7-11,15H2,1-6H3,(H,30,37)(H,32,38)(H,33,36)/t17?,18?,23-,24-,26?. The van der Waals surface area contributed by atoms with Crippen molar-refractivity contribution in [2.75, 3.05) is 18.5 Å². The Balaban J connectivity index is 1.58. The number of nitrogens with one attached hydrogen (secondary N) is 3. The summed E-state index contributed by atoms with van der Waals surface area (Å²) >= 11 is 0. The van der Waals surface area contributed by atoms with Crippen LogP contribution >= 0.6 is 0 Å². The van der Waals surface area contributed by atoms with Gasteiger partial charge in [-0.3, -0.25) is 19.1 Å². The minimum absolute atomic E-state index is 0.00710. The van der Waals surface area contributed by atoms with Crippen LogP contribution in [0, 0.1) is 18.8 Å². The SMILES string of the molecule is CC(=O)N[C@H]1CC[C@H](N(C)c2cc(-c3cnn(C)c3)cc(C(=O)NCC3C(=O)NC(C)CC3C)c2C)CC1. The Kier molecular flexibility index (Phi) is 8.43. The summed E-state index contributed by atoms with van der Waals surface area (Å²) in [5.41, 5.74) is 4.41. The van der Waals surface area contributed by atoms with Crippen molar-refractivity contribution in [1.29, 1.82) is 0 Å². The topological polar surface area (TPSA) is 108 Å². The summed E-state index contributed by atoms with van der Waals surface area (Å²) in [6, 6.07) is 4.77. The average Bonchev–Trinajstić information content (AvgIpc) is 3.29. The Morgan fingerprint density at radius 2 is 1.87 bits per heavy atom. The van der Waals surface area contributed by atoms with Crippen molar-refractivity contribution in [3.05, 3.63) is 35.7 Å². The van der Waals surface area contributed by atoms with Crippen LogP contribution in [0.3, 0.4) is 0 Å². The summed E-state index contributed by atoms with van der Waals surface area (Å²) in [6.45, 7) is 7.97. The fourth-order valence-electron chi connectivity index (χ4n) is 6.11. The number of carbonyl (C=O) groups is 3. The van der Waals surface area contributed by atoms with E-state index in [4.69, 9.17) is 0 Å². The van der Waals surface area contributed by atoms with Gasteiger partial charge in [0.25, 0.3) is 5.91 Å². The van der Waals surface area contributed by atoms with Gasteiger partial charge in [0.1, 0.15) is 0 Å². The zero-order valence-electron chi connectivity index (χ0n) is 23.5. The zero-order valence-corrected chi connectivity index (χ0v) is 23.5. The first kappa shape index (κ1) is 27.7. The molecule has 1 aromatic heterocycles. The first-order valence-corrected chi connectivity index (χ1v) is 13.8. The summed E-state index contributed by atoms with van der Waals surface area (Å²) in [6.07, 6.45) is 8.46. The Morgan fingerprint density at radius 1 is 1.16 bits per heavy atom. The summed E-state index contributed by atoms with van der Waals surface area (Å²) in [4.78, 5) is 39.9. The maximum Gasteiger partial charge on any atom is 0.251 e. The molecule has 4 rings (SSSR count). The fourth-order valence-corrected chi connectivity index (χ4v) is 6.11. The van der Waals surface area contributed by atoms with Gasteiger partial charge in [0, 0.05) is 68.7 Å². The van der Waals surface area contributed by atoms with Gasteiger partial charge in [-0.2, -0.15) is 5.10 Å². The molecule has 1 saturated carbocycles. The minimum Gasteiger partial charge on any atom is -0.371 e. The summed E-state index contributed by atoms with van der Waals surface area (Å²) in [5.74, 6) is -0.176. The number of aryl methyl sites for hydroxylation is 1. The van der Waals surface area contributed by atoms with Crippen LogP contribution in [0.2, 0.25) is 0 Å². The molecule has 3 unspecified atom stereocenters. The number of benzene rings is 1. The van der Waals surface area contributed by atoms with Crippen molar-refractivity contribution < 1.29 is 14.4 Å². The molecule has 0 radical (unpaired) electrons. The molecule has 2 heterocycles. The van der Waals surface area contributed by atoms with Gasteiger partial charge >= 0.3 is 0 Å². The lowest BCUT2D eigenvalue weighted by molar-refractivity contribution is -0.129. The molecule has 1 saturated heterocycles. The molecule has 3 N–H and O–H groups in total. The molecule has 9 nitrogen and oxygen atoms in total. The number of hydrogen-bond acceptors (Lipinski definition) is 5. The van der Waals surface area contributed by atoms with Gasteiger partial charge < -0.3 is 20.9 Å². The number of hydrogen-bond donors (Lipinski definition) is 3. The third kappa shape index (κ3) is 6.19. The number of anilines is 1. The smallest absolute Gasteiger partial charge is 0.251 e. The lowest BCUT2D eigenvalue weighted by atomic mass is 9.84. The molecule has 0 spiro atoms. The van der Waals surface area contributed by atoms with Crippen molar-refractivity contribution in [2.45, 2.75) is 77.9 Å². The zero-order chi connectivity index (χ0) is 27.6. The van der Waals surface area contributed by atoms with Gasteiger partial charge in [0.2, 0.25) is 11.8 Å². The van der Waals surface area contributed by atoms with E-state index >= 15 is 0 Å². The third-order valence-electron chi connectivity index (χ3n) is 8.32. The van der Waals surface area contributed by atoms with Gasteiger partial charge in [0.15, 0.2) is 0 Å². The highest BCUT2D eigenvalue weighted by Gasteiger charge is 2.33. The van der Waals surface area contributed by atoms with Crippen LogP contribution in [0.15, 0.2) is 24.5 Å².